The van der Waals surface area contributed by atoms with Crippen molar-refractivity contribution in [1.29, 1.82) is 5.26 Å². The van der Waals surface area contributed by atoms with Gasteiger partial charge in [0.1, 0.15) is 5.82 Å². The molecule has 0 aliphatic heterocycles. The molecule has 0 bridgehead atoms. The molecule has 6 heteroatoms. The minimum Gasteiger partial charge on any atom is -0.366 e. The zero-order valence-corrected chi connectivity index (χ0v) is 14.2. The fourth-order valence-corrected chi connectivity index (χ4v) is 2.76. The smallest absolute Gasteiger partial charge is 0.160 e. The number of nitrogens with zero attached hydrogens (tertiary/aromatic N) is 5. The average molecular weight is 340 g/mol. The van der Waals surface area contributed by atoms with E-state index in [0.29, 0.717) is 12.1 Å². The Morgan fingerprint density at radius 3 is 2.73 bits per heavy atom. The van der Waals surface area contributed by atoms with Crippen molar-refractivity contribution in [1.82, 2.24) is 19.6 Å². The second-order valence-electron chi connectivity index (χ2n) is 5.99. The largest absolute Gasteiger partial charge is 0.366 e. The average Bonchev–Trinajstić information content (AvgIpc) is 3.08. The lowest BCUT2D eigenvalue weighted by molar-refractivity contribution is 0.925. The van der Waals surface area contributed by atoms with Crippen molar-refractivity contribution in [3.05, 3.63) is 77.7 Å². The van der Waals surface area contributed by atoms with Crippen molar-refractivity contribution in [2.75, 3.05) is 5.32 Å². The van der Waals surface area contributed by atoms with Gasteiger partial charge in [0, 0.05) is 36.1 Å². The molecule has 0 unspecified atom stereocenters. The molecule has 0 aliphatic carbocycles. The molecule has 4 rings (SSSR count). The summed E-state index contributed by atoms with van der Waals surface area (Å²) in [7, 11) is 0. The van der Waals surface area contributed by atoms with Crippen LogP contribution in [0.4, 0.5) is 5.82 Å². The highest BCUT2D eigenvalue weighted by Crippen LogP contribution is 2.24. The third-order valence-corrected chi connectivity index (χ3v) is 4.15. The van der Waals surface area contributed by atoms with Gasteiger partial charge in [-0.2, -0.15) is 14.9 Å². The number of nitrogens with one attached hydrogen (secondary N) is 1. The molecule has 0 amide bonds. The highest BCUT2D eigenvalue weighted by molar-refractivity contribution is 5.68. The molecule has 26 heavy (non-hydrogen) atoms. The van der Waals surface area contributed by atoms with Gasteiger partial charge in [0.15, 0.2) is 5.65 Å². The Balaban J connectivity index is 1.74. The monoisotopic (exact) mass is 340 g/mol. The van der Waals surface area contributed by atoms with Gasteiger partial charge in [-0.25, -0.2) is 4.98 Å². The summed E-state index contributed by atoms with van der Waals surface area (Å²) in [4.78, 5) is 8.89. The number of pyridine rings is 1. The van der Waals surface area contributed by atoms with Crippen LogP contribution in [-0.4, -0.2) is 19.6 Å². The Bertz CT molecular complexity index is 1090. The van der Waals surface area contributed by atoms with Crippen LogP contribution in [0.25, 0.3) is 16.9 Å². The lowest BCUT2D eigenvalue weighted by Crippen LogP contribution is -2.07. The summed E-state index contributed by atoms with van der Waals surface area (Å²) in [6, 6.07) is 15.5. The summed E-state index contributed by atoms with van der Waals surface area (Å²) in [5, 5.41) is 16.8. The number of hydrogen-bond donors (Lipinski definition) is 1. The van der Waals surface area contributed by atoms with Crippen LogP contribution in [0.1, 0.15) is 16.7 Å². The maximum atomic E-state index is 8.98. The standard InChI is InChI=1S/C20H16N6/c1-14-11-24-26-19(23-13-16-3-2-8-22-12-16)9-18(25-20(14)26)17-6-4-15(10-21)5-7-17/h2-9,11-12,23H,13H2,1H3. The molecule has 3 aromatic heterocycles. The number of hydrogen-bond acceptors (Lipinski definition) is 5. The normalized spacial score (nSPS) is 10.6. The Labute approximate surface area is 150 Å². The second-order valence-corrected chi connectivity index (χ2v) is 5.99. The van der Waals surface area contributed by atoms with Gasteiger partial charge in [-0.3, -0.25) is 4.98 Å². The van der Waals surface area contributed by atoms with Crippen LogP contribution in [0.3, 0.4) is 0 Å². The molecule has 1 aromatic carbocycles. The predicted octanol–water partition coefficient (Wildman–Crippen LogP) is 3.58. The lowest BCUT2D eigenvalue weighted by atomic mass is 10.1. The Morgan fingerprint density at radius 1 is 1.15 bits per heavy atom. The fourth-order valence-electron chi connectivity index (χ4n) is 2.76. The maximum absolute atomic E-state index is 8.98. The molecule has 4 aromatic rings. The minimum atomic E-state index is 0.630. The Kier molecular flexibility index (Phi) is 4.04. The first kappa shape index (κ1) is 15.8. The third-order valence-electron chi connectivity index (χ3n) is 4.15. The van der Waals surface area contributed by atoms with Crippen LogP contribution in [0.5, 0.6) is 0 Å². The molecule has 126 valence electrons. The number of aromatic nitrogens is 4. The van der Waals surface area contributed by atoms with Crippen molar-refractivity contribution >= 4 is 11.5 Å². The third kappa shape index (κ3) is 2.98. The van der Waals surface area contributed by atoms with E-state index in [1.165, 1.54) is 0 Å². The van der Waals surface area contributed by atoms with Gasteiger partial charge in [-0.1, -0.05) is 18.2 Å². The van der Waals surface area contributed by atoms with Gasteiger partial charge in [0.2, 0.25) is 0 Å². The molecular weight excluding hydrogens is 324 g/mol. The van der Waals surface area contributed by atoms with Gasteiger partial charge < -0.3 is 5.32 Å². The van der Waals surface area contributed by atoms with Crippen molar-refractivity contribution in [2.45, 2.75) is 13.5 Å². The van der Waals surface area contributed by atoms with E-state index in [4.69, 9.17) is 10.2 Å². The van der Waals surface area contributed by atoms with E-state index in [0.717, 1.165) is 33.8 Å². The first-order chi connectivity index (χ1) is 12.7. The number of anilines is 1. The zero-order valence-electron chi connectivity index (χ0n) is 14.2. The van der Waals surface area contributed by atoms with Gasteiger partial charge in [0.05, 0.1) is 23.5 Å². The van der Waals surface area contributed by atoms with Crippen LogP contribution in [-0.2, 0) is 6.54 Å². The Hall–Kier alpha value is -3.72. The summed E-state index contributed by atoms with van der Waals surface area (Å²) in [6.07, 6.45) is 5.40. The fraction of sp³-hybridized carbons (Fsp3) is 0.100. The summed E-state index contributed by atoms with van der Waals surface area (Å²) in [5.41, 5.74) is 5.31. The molecule has 0 saturated carbocycles. The van der Waals surface area contributed by atoms with Crippen molar-refractivity contribution < 1.29 is 0 Å². The molecule has 1 N–H and O–H groups in total. The SMILES string of the molecule is Cc1cnn2c(NCc3cccnc3)cc(-c3ccc(C#N)cc3)nc12. The topological polar surface area (TPSA) is 78.9 Å². The van der Waals surface area contributed by atoms with E-state index >= 15 is 0 Å². The molecule has 0 saturated heterocycles. The van der Waals surface area contributed by atoms with E-state index in [9.17, 15) is 0 Å². The van der Waals surface area contributed by atoms with E-state index < -0.39 is 0 Å². The van der Waals surface area contributed by atoms with Gasteiger partial charge in [0.25, 0.3) is 0 Å². The molecule has 0 radical (unpaired) electrons. The van der Waals surface area contributed by atoms with E-state index in [2.05, 4.69) is 21.5 Å². The summed E-state index contributed by atoms with van der Waals surface area (Å²) >= 11 is 0. The van der Waals surface area contributed by atoms with Crippen LogP contribution in [0.2, 0.25) is 0 Å². The molecule has 6 nitrogen and oxygen atoms in total. The highest BCUT2D eigenvalue weighted by atomic mass is 15.3. The quantitative estimate of drug-likeness (QED) is 0.614. The van der Waals surface area contributed by atoms with E-state index in [-0.39, 0.29) is 0 Å². The van der Waals surface area contributed by atoms with Crippen LogP contribution in [0.15, 0.2) is 61.1 Å². The lowest BCUT2D eigenvalue weighted by Gasteiger charge is -2.11. The minimum absolute atomic E-state index is 0.630. The second kappa shape index (κ2) is 6.65. The van der Waals surface area contributed by atoms with Crippen molar-refractivity contribution in [3.63, 3.8) is 0 Å². The number of fused-ring (bicyclic) bond motifs is 1. The van der Waals surface area contributed by atoms with E-state index in [1.54, 1.807) is 29.0 Å². The van der Waals surface area contributed by atoms with Gasteiger partial charge >= 0.3 is 0 Å². The maximum Gasteiger partial charge on any atom is 0.160 e. The molecule has 0 aliphatic rings. The Morgan fingerprint density at radius 2 is 2.00 bits per heavy atom. The number of nitriles is 1. The zero-order chi connectivity index (χ0) is 17.9. The van der Waals surface area contributed by atoms with Crippen LogP contribution in [0, 0.1) is 18.3 Å². The summed E-state index contributed by atoms with van der Waals surface area (Å²) in [6.45, 7) is 2.63. The van der Waals surface area contributed by atoms with Crippen molar-refractivity contribution in [3.8, 4) is 17.3 Å². The van der Waals surface area contributed by atoms with Crippen LogP contribution < -0.4 is 5.32 Å². The predicted molar refractivity (Wildman–Crippen MR) is 99.4 cm³/mol. The number of benzene rings is 1. The molecule has 0 spiro atoms. The van der Waals surface area contributed by atoms with Crippen molar-refractivity contribution in [2.24, 2.45) is 0 Å². The van der Waals surface area contributed by atoms with Gasteiger partial charge in [-0.15, -0.1) is 0 Å². The van der Waals surface area contributed by atoms with E-state index in [1.807, 2.05) is 43.5 Å². The molecule has 0 atom stereocenters. The number of aryl methyl sites for hydroxylation is 1. The summed E-state index contributed by atoms with van der Waals surface area (Å²) < 4.78 is 1.80. The molecular formula is C20H16N6. The van der Waals surface area contributed by atoms with Crippen LogP contribution >= 0.6 is 0 Å². The van der Waals surface area contributed by atoms with Gasteiger partial charge in [-0.05, 0) is 30.7 Å². The summed E-state index contributed by atoms with van der Waals surface area (Å²) in [5.74, 6) is 0.853. The highest BCUT2D eigenvalue weighted by Gasteiger charge is 2.11. The number of rotatable bonds is 4. The molecule has 0 fully saturated rings. The first-order valence-corrected chi connectivity index (χ1v) is 8.23. The molecule has 3 heterocycles. The first-order valence-electron chi connectivity index (χ1n) is 8.23.